The predicted octanol–water partition coefficient (Wildman–Crippen LogP) is 2.17. The molecule has 2 heterocycles. The van der Waals surface area contributed by atoms with E-state index in [9.17, 15) is 23.1 Å². The number of aliphatic hydroxyl groups is 1. The molecule has 1 aliphatic heterocycles. The number of H-pyrrole nitrogens is 1. The van der Waals surface area contributed by atoms with Crippen LogP contribution in [-0.2, 0) is 10.4 Å². The number of rotatable bonds is 1. The quantitative estimate of drug-likeness (QED) is 0.755. The number of fused-ring (bicyclic) bond motifs is 1. The Balaban J connectivity index is 2.24. The van der Waals surface area contributed by atoms with Gasteiger partial charge in [0.05, 0.1) is 17.7 Å². The fourth-order valence-electron chi connectivity index (χ4n) is 2.39. The fourth-order valence-corrected chi connectivity index (χ4v) is 2.39. The second-order valence-corrected chi connectivity index (χ2v) is 4.77. The Bertz CT molecular complexity index is 696. The van der Waals surface area contributed by atoms with E-state index in [4.69, 9.17) is 0 Å². The lowest BCUT2D eigenvalue weighted by Crippen LogP contribution is -2.48. The Morgan fingerprint density at radius 1 is 1.24 bits per heavy atom. The highest BCUT2D eigenvalue weighted by Gasteiger charge is 2.60. The molecule has 1 aromatic heterocycles. The maximum absolute atomic E-state index is 13.3. The number of nitrogens with one attached hydrogen (secondary N) is 2. The van der Waals surface area contributed by atoms with E-state index in [1.165, 1.54) is 0 Å². The molecule has 110 valence electrons. The summed E-state index contributed by atoms with van der Waals surface area (Å²) in [5.74, 6) is -1.24. The van der Waals surface area contributed by atoms with Crippen LogP contribution in [0.1, 0.15) is 12.0 Å². The molecule has 0 spiro atoms. The van der Waals surface area contributed by atoms with Gasteiger partial charge in [0, 0.05) is 5.56 Å². The Kier molecular flexibility index (Phi) is 2.80. The van der Waals surface area contributed by atoms with Crippen molar-refractivity contribution in [3.05, 3.63) is 35.9 Å². The number of anilines is 1. The number of alkyl halides is 3. The molecular formula is C13H10F3N3O2. The molecule has 0 saturated heterocycles. The number of benzene rings is 1. The van der Waals surface area contributed by atoms with Gasteiger partial charge in [-0.1, -0.05) is 30.3 Å². The minimum Gasteiger partial charge on any atom is -0.376 e. The molecule has 0 radical (unpaired) electrons. The van der Waals surface area contributed by atoms with E-state index in [1.807, 2.05) is 0 Å². The number of hydrogen-bond acceptors (Lipinski definition) is 3. The lowest BCUT2D eigenvalue weighted by atomic mass is 9.85. The lowest BCUT2D eigenvalue weighted by Gasteiger charge is -2.33. The predicted molar refractivity (Wildman–Crippen MR) is 67.2 cm³/mol. The van der Waals surface area contributed by atoms with Crippen molar-refractivity contribution in [1.82, 2.24) is 10.2 Å². The minimum atomic E-state index is -4.99. The van der Waals surface area contributed by atoms with Gasteiger partial charge in [0.2, 0.25) is 5.91 Å². The van der Waals surface area contributed by atoms with E-state index >= 15 is 0 Å². The third-order valence-electron chi connectivity index (χ3n) is 3.39. The standard InChI is InChI=1S/C13H10F3N3O2/c14-13(15,16)12(21)6-8(20)17-11-9(12)10(18-19-11)7-4-2-1-3-5-7/h1-5,21H,6H2,(H2,17,18,19,20)/t12-/m1/s1. The normalized spacial score (nSPS) is 21.8. The SMILES string of the molecule is O=C1C[C@](O)(C(F)(F)F)c2c(n[nH]c2-c2ccccc2)N1. The number of nitrogens with zero attached hydrogens (tertiary/aromatic N) is 1. The maximum atomic E-state index is 13.3. The molecule has 0 unspecified atom stereocenters. The molecule has 1 atom stereocenters. The van der Waals surface area contributed by atoms with Crippen LogP contribution in [0.2, 0.25) is 0 Å². The van der Waals surface area contributed by atoms with E-state index in [0.29, 0.717) is 5.56 Å². The number of halogens is 3. The molecule has 0 saturated carbocycles. The first-order valence-electron chi connectivity index (χ1n) is 6.06. The van der Waals surface area contributed by atoms with Crippen LogP contribution in [0.25, 0.3) is 11.3 Å². The molecule has 1 amide bonds. The van der Waals surface area contributed by atoms with Gasteiger partial charge < -0.3 is 10.4 Å². The zero-order chi connectivity index (χ0) is 15.3. The topological polar surface area (TPSA) is 78.0 Å². The van der Waals surface area contributed by atoms with Gasteiger partial charge in [-0.05, 0) is 0 Å². The van der Waals surface area contributed by atoms with Gasteiger partial charge in [0.15, 0.2) is 11.4 Å². The molecule has 5 nitrogen and oxygen atoms in total. The number of aromatic amines is 1. The van der Waals surface area contributed by atoms with Crippen molar-refractivity contribution in [3.63, 3.8) is 0 Å². The number of carbonyl (C=O) groups is 1. The van der Waals surface area contributed by atoms with Crippen molar-refractivity contribution in [2.45, 2.75) is 18.2 Å². The summed E-state index contributed by atoms with van der Waals surface area (Å²) in [6, 6.07) is 8.18. The van der Waals surface area contributed by atoms with E-state index < -0.39 is 29.7 Å². The van der Waals surface area contributed by atoms with Crippen molar-refractivity contribution < 1.29 is 23.1 Å². The highest BCUT2D eigenvalue weighted by atomic mass is 19.4. The molecule has 2 aromatic rings. The first kappa shape index (κ1) is 13.6. The molecule has 0 fully saturated rings. The smallest absolute Gasteiger partial charge is 0.376 e. The zero-order valence-corrected chi connectivity index (χ0v) is 10.5. The molecule has 21 heavy (non-hydrogen) atoms. The van der Waals surface area contributed by atoms with E-state index in [1.54, 1.807) is 30.3 Å². The van der Waals surface area contributed by atoms with Gasteiger partial charge in [-0.15, -0.1) is 0 Å². The van der Waals surface area contributed by atoms with Gasteiger partial charge in [0.1, 0.15) is 0 Å². The molecule has 0 aliphatic carbocycles. The molecule has 8 heteroatoms. The Labute approximate surface area is 116 Å². The Hall–Kier alpha value is -2.35. The lowest BCUT2D eigenvalue weighted by molar-refractivity contribution is -0.267. The van der Waals surface area contributed by atoms with Crippen molar-refractivity contribution in [1.29, 1.82) is 0 Å². The summed E-state index contributed by atoms with van der Waals surface area (Å²) in [7, 11) is 0. The maximum Gasteiger partial charge on any atom is 0.422 e. The van der Waals surface area contributed by atoms with E-state index in [-0.39, 0.29) is 11.5 Å². The summed E-state index contributed by atoms with van der Waals surface area (Å²) >= 11 is 0. The van der Waals surface area contributed by atoms with Crippen LogP contribution in [0.4, 0.5) is 19.0 Å². The molecule has 3 rings (SSSR count). The van der Waals surface area contributed by atoms with Crippen LogP contribution in [-0.4, -0.2) is 27.4 Å². The van der Waals surface area contributed by atoms with E-state index in [2.05, 4.69) is 15.5 Å². The van der Waals surface area contributed by atoms with Crippen molar-refractivity contribution in [2.24, 2.45) is 0 Å². The Morgan fingerprint density at radius 3 is 2.52 bits per heavy atom. The van der Waals surface area contributed by atoms with Gasteiger partial charge in [-0.3, -0.25) is 9.89 Å². The van der Waals surface area contributed by atoms with Crippen LogP contribution in [0, 0.1) is 0 Å². The second-order valence-electron chi connectivity index (χ2n) is 4.77. The number of aromatic nitrogens is 2. The van der Waals surface area contributed by atoms with Crippen LogP contribution in [0.3, 0.4) is 0 Å². The van der Waals surface area contributed by atoms with Crippen LogP contribution in [0.15, 0.2) is 30.3 Å². The van der Waals surface area contributed by atoms with E-state index in [0.717, 1.165) is 0 Å². The minimum absolute atomic E-state index is 0.0328. The monoisotopic (exact) mass is 297 g/mol. The van der Waals surface area contributed by atoms with Crippen LogP contribution < -0.4 is 5.32 Å². The average Bonchev–Trinajstić information content (AvgIpc) is 2.82. The highest BCUT2D eigenvalue weighted by molar-refractivity contribution is 5.96. The fraction of sp³-hybridized carbons (Fsp3) is 0.231. The Morgan fingerprint density at radius 2 is 1.90 bits per heavy atom. The van der Waals surface area contributed by atoms with Gasteiger partial charge >= 0.3 is 6.18 Å². The summed E-state index contributed by atoms with van der Waals surface area (Å²) in [4.78, 5) is 11.4. The van der Waals surface area contributed by atoms with Gasteiger partial charge in [-0.25, -0.2) is 0 Å². The van der Waals surface area contributed by atoms with Crippen molar-refractivity contribution in [2.75, 3.05) is 5.32 Å². The summed E-state index contributed by atoms with van der Waals surface area (Å²) in [5, 5.41) is 18.5. The van der Waals surface area contributed by atoms with Crippen LogP contribution in [0.5, 0.6) is 0 Å². The summed E-state index contributed by atoms with van der Waals surface area (Å²) in [5.41, 5.74) is -3.25. The third-order valence-corrected chi connectivity index (χ3v) is 3.39. The zero-order valence-electron chi connectivity index (χ0n) is 10.5. The van der Waals surface area contributed by atoms with Crippen molar-refractivity contribution >= 4 is 11.7 Å². The number of carbonyl (C=O) groups excluding carboxylic acids is 1. The number of hydrogen-bond donors (Lipinski definition) is 3. The summed E-state index contributed by atoms with van der Waals surface area (Å²) < 4.78 is 39.8. The molecular weight excluding hydrogens is 287 g/mol. The molecule has 0 bridgehead atoms. The third kappa shape index (κ3) is 1.99. The van der Waals surface area contributed by atoms with Gasteiger partial charge in [0.25, 0.3) is 0 Å². The first-order valence-corrected chi connectivity index (χ1v) is 6.06. The largest absolute Gasteiger partial charge is 0.422 e. The highest BCUT2D eigenvalue weighted by Crippen LogP contribution is 2.49. The first-order chi connectivity index (χ1) is 9.83. The summed E-state index contributed by atoms with van der Waals surface area (Å²) in [6.07, 6.45) is -6.09. The average molecular weight is 297 g/mol. The van der Waals surface area contributed by atoms with Gasteiger partial charge in [-0.2, -0.15) is 18.3 Å². The summed E-state index contributed by atoms with van der Waals surface area (Å²) in [6.45, 7) is 0. The van der Waals surface area contributed by atoms with Crippen LogP contribution >= 0.6 is 0 Å². The molecule has 1 aliphatic rings. The molecule has 1 aromatic carbocycles. The second kappa shape index (κ2) is 4.32. The molecule has 3 N–H and O–H groups in total. The van der Waals surface area contributed by atoms with Crippen molar-refractivity contribution in [3.8, 4) is 11.3 Å². The number of amides is 1.